The van der Waals surface area contributed by atoms with Crippen molar-refractivity contribution in [2.24, 2.45) is 5.92 Å². The van der Waals surface area contributed by atoms with Gasteiger partial charge in [0.25, 0.3) is 5.91 Å². The average Bonchev–Trinajstić information content (AvgIpc) is 2.28. The van der Waals surface area contributed by atoms with Crippen LogP contribution in [0.5, 0.6) is 0 Å². The Kier molecular flexibility index (Phi) is 5.51. The first-order valence-electron chi connectivity index (χ1n) is 5.75. The van der Waals surface area contributed by atoms with Crippen molar-refractivity contribution >= 4 is 18.5 Å². The number of rotatable bonds is 5. The maximum atomic E-state index is 12.0. The summed E-state index contributed by atoms with van der Waals surface area (Å²) in [5.41, 5.74) is 0.598. The Bertz CT molecular complexity index is 379. The van der Waals surface area contributed by atoms with Crippen molar-refractivity contribution in [3.63, 3.8) is 0 Å². The summed E-state index contributed by atoms with van der Waals surface area (Å²) in [6.45, 7) is 4.13. The Labute approximate surface area is 108 Å². The van der Waals surface area contributed by atoms with Crippen LogP contribution >= 0.6 is 12.6 Å². The van der Waals surface area contributed by atoms with Crippen molar-refractivity contribution in [3.05, 3.63) is 29.8 Å². The summed E-state index contributed by atoms with van der Waals surface area (Å²) in [6, 6.07) is 7.11. The van der Waals surface area contributed by atoms with Crippen LogP contribution in [0.4, 0.5) is 0 Å². The van der Waals surface area contributed by atoms with Crippen LogP contribution < -0.4 is 5.32 Å². The molecule has 1 amide bonds. The van der Waals surface area contributed by atoms with Crippen molar-refractivity contribution in [1.82, 2.24) is 5.32 Å². The number of nitrogens with one attached hydrogen (secondary N) is 1. The number of aliphatic hydroxyl groups is 1. The van der Waals surface area contributed by atoms with Gasteiger partial charge in [-0.2, -0.15) is 0 Å². The first kappa shape index (κ1) is 14.1. The Balaban J connectivity index is 2.70. The van der Waals surface area contributed by atoms with Crippen LogP contribution in [0.2, 0.25) is 0 Å². The predicted octanol–water partition coefficient (Wildman–Crippen LogP) is 2.11. The minimum Gasteiger partial charge on any atom is -0.396 e. The number of hydrogen-bond acceptors (Lipinski definition) is 3. The van der Waals surface area contributed by atoms with E-state index in [1.54, 1.807) is 18.2 Å². The number of aliphatic hydroxyl groups excluding tert-OH is 1. The summed E-state index contributed by atoms with van der Waals surface area (Å²) < 4.78 is 0. The average molecular weight is 253 g/mol. The highest BCUT2D eigenvalue weighted by Crippen LogP contribution is 2.11. The predicted molar refractivity (Wildman–Crippen MR) is 71.5 cm³/mol. The number of thiol groups is 1. The lowest BCUT2D eigenvalue weighted by Crippen LogP contribution is -2.39. The Hall–Kier alpha value is -1.00. The van der Waals surface area contributed by atoms with Gasteiger partial charge in [-0.1, -0.05) is 19.9 Å². The van der Waals surface area contributed by atoms with Gasteiger partial charge in [-0.3, -0.25) is 4.79 Å². The third-order valence-electron chi connectivity index (χ3n) is 2.67. The lowest BCUT2D eigenvalue weighted by atomic mass is 10.0. The summed E-state index contributed by atoms with van der Waals surface area (Å²) in [7, 11) is 0. The summed E-state index contributed by atoms with van der Waals surface area (Å²) in [6.07, 6.45) is 0.573. The van der Waals surface area contributed by atoms with Gasteiger partial charge in [0.15, 0.2) is 0 Å². The van der Waals surface area contributed by atoms with E-state index in [0.29, 0.717) is 17.9 Å². The van der Waals surface area contributed by atoms with E-state index in [-0.39, 0.29) is 18.6 Å². The third-order valence-corrected chi connectivity index (χ3v) is 2.95. The first-order valence-corrected chi connectivity index (χ1v) is 6.20. The molecule has 0 fully saturated rings. The lowest BCUT2D eigenvalue weighted by molar-refractivity contribution is 0.0916. The monoisotopic (exact) mass is 253 g/mol. The zero-order valence-electron chi connectivity index (χ0n) is 10.2. The van der Waals surface area contributed by atoms with Crippen molar-refractivity contribution in [2.45, 2.75) is 31.2 Å². The molecule has 1 rings (SSSR count). The van der Waals surface area contributed by atoms with Crippen molar-refractivity contribution in [2.75, 3.05) is 6.61 Å². The molecule has 0 radical (unpaired) electrons. The van der Waals surface area contributed by atoms with Crippen molar-refractivity contribution < 1.29 is 9.90 Å². The van der Waals surface area contributed by atoms with Gasteiger partial charge < -0.3 is 10.4 Å². The highest BCUT2D eigenvalue weighted by atomic mass is 32.1. The van der Waals surface area contributed by atoms with Crippen LogP contribution in [0, 0.1) is 5.92 Å². The zero-order chi connectivity index (χ0) is 12.8. The summed E-state index contributed by atoms with van der Waals surface area (Å²) in [5.74, 6) is 0.179. The number of hydrogen-bond donors (Lipinski definition) is 3. The van der Waals surface area contributed by atoms with E-state index < -0.39 is 0 Å². The molecule has 0 heterocycles. The van der Waals surface area contributed by atoms with Gasteiger partial charge in [-0.15, -0.1) is 12.6 Å². The molecule has 0 saturated heterocycles. The van der Waals surface area contributed by atoms with E-state index in [1.807, 2.05) is 19.9 Å². The standard InChI is InChI=1S/C13H19NO2S/c1-9(2)12(6-7-15)14-13(16)10-4-3-5-11(17)8-10/h3-5,8-9,12,15,17H,6-7H2,1-2H3,(H,14,16). The van der Waals surface area contributed by atoms with Gasteiger partial charge >= 0.3 is 0 Å². The SMILES string of the molecule is CC(C)C(CCO)NC(=O)c1cccc(S)c1. The van der Waals surface area contributed by atoms with E-state index in [4.69, 9.17) is 5.11 Å². The highest BCUT2D eigenvalue weighted by molar-refractivity contribution is 7.80. The molecule has 2 N–H and O–H groups in total. The van der Waals surface area contributed by atoms with Crippen molar-refractivity contribution in [3.8, 4) is 0 Å². The Morgan fingerprint density at radius 3 is 2.71 bits per heavy atom. The molecule has 4 heteroatoms. The summed E-state index contributed by atoms with van der Waals surface area (Å²) in [4.78, 5) is 12.7. The molecule has 1 unspecified atom stereocenters. The molecular formula is C13H19NO2S. The van der Waals surface area contributed by atoms with Gasteiger partial charge in [0.2, 0.25) is 0 Å². The van der Waals surface area contributed by atoms with E-state index in [0.717, 1.165) is 4.90 Å². The second-order valence-electron chi connectivity index (χ2n) is 4.39. The van der Waals surface area contributed by atoms with Crippen LogP contribution in [0.25, 0.3) is 0 Å². The number of amides is 1. The van der Waals surface area contributed by atoms with Gasteiger partial charge in [-0.25, -0.2) is 0 Å². The zero-order valence-corrected chi connectivity index (χ0v) is 11.1. The molecule has 1 aromatic rings. The summed E-state index contributed by atoms with van der Waals surface area (Å²) in [5, 5.41) is 11.9. The number of carbonyl (C=O) groups excluding carboxylic acids is 1. The van der Waals surface area contributed by atoms with Crippen LogP contribution in [0.3, 0.4) is 0 Å². The molecule has 17 heavy (non-hydrogen) atoms. The molecule has 0 aromatic heterocycles. The Morgan fingerprint density at radius 2 is 2.18 bits per heavy atom. The topological polar surface area (TPSA) is 49.3 Å². The molecular weight excluding hydrogens is 234 g/mol. The highest BCUT2D eigenvalue weighted by Gasteiger charge is 2.16. The molecule has 0 aliphatic rings. The minimum absolute atomic E-state index is 0.00364. The minimum atomic E-state index is -0.118. The second kappa shape index (κ2) is 6.67. The fourth-order valence-corrected chi connectivity index (χ4v) is 1.84. The fourth-order valence-electron chi connectivity index (χ4n) is 1.61. The van der Waals surface area contributed by atoms with Crippen molar-refractivity contribution in [1.29, 1.82) is 0 Å². The molecule has 1 aromatic carbocycles. The molecule has 94 valence electrons. The number of carbonyl (C=O) groups is 1. The van der Waals surface area contributed by atoms with E-state index in [2.05, 4.69) is 17.9 Å². The normalized spacial score (nSPS) is 12.5. The molecule has 3 nitrogen and oxygen atoms in total. The fraction of sp³-hybridized carbons (Fsp3) is 0.462. The number of benzene rings is 1. The van der Waals surface area contributed by atoms with Crippen LogP contribution in [0.1, 0.15) is 30.6 Å². The molecule has 0 bridgehead atoms. The van der Waals surface area contributed by atoms with E-state index in [9.17, 15) is 4.79 Å². The van der Waals surface area contributed by atoms with Crippen LogP contribution in [-0.4, -0.2) is 23.7 Å². The molecule has 1 atom stereocenters. The van der Waals surface area contributed by atoms with Gasteiger partial charge in [0.1, 0.15) is 0 Å². The lowest BCUT2D eigenvalue weighted by Gasteiger charge is -2.21. The maximum Gasteiger partial charge on any atom is 0.251 e. The largest absolute Gasteiger partial charge is 0.396 e. The third kappa shape index (κ3) is 4.40. The van der Waals surface area contributed by atoms with Crippen LogP contribution in [0.15, 0.2) is 29.2 Å². The molecule has 0 aliphatic carbocycles. The van der Waals surface area contributed by atoms with E-state index in [1.165, 1.54) is 0 Å². The quantitative estimate of drug-likeness (QED) is 0.704. The molecule has 0 saturated carbocycles. The van der Waals surface area contributed by atoms with E-state index >= 15 is 0 Å². The second-order valence-corrected chi connectivity index (χ2v) is 4.90. The Morgan fingerprint density at radius 1 is 1.47 bits per heavy atom. The molecule has 0 aliphatic heterocycles. The smallest absolute Gasteiger partial charge is 0.251 e. The van der Waals surface area contributed by atoms with Crippen LogP contribution in [-0.2, 0) is 0 Å². The van der Waals surface area contributed by atoms with Gasteiger partial charge in [0, 0.05) is 23.1 Å². The molecule has 0 spiro atoms. The van der Waals surface area contributed by atoms with Gasteiger partial charge in [-0.05, 0) is 30.5 Å². The summed E-state index contributed by atoms with van der Waals surface area (Å²) >= 11 is 4.20. The maximum absolute atomic E-state index is 12.0. The van der Waals surface area contributed by atoms with Gasteiger partial charge in [0.05, 0.1) is 0 Å². The first-order chi connectivity index (χ1) is 8.04.